The molecule has 1 N–H and O–H groups in total. The van der Waals surface area contributed by atoms with E-state index in [1.807, 2.05) is 6.07 Å². The van der Waals surface area contributed by atoms with Gasteiger partial charge in [0.05, 0.1) is 10.0 Å². The highest BCUT2D eigenvalue weighted by molar-refractivity contribution is 6.42. The maximum atomic E-state index is 12.1. The molecule has 1 fully saturated rings. The van der Waals surface area contributed by atoms with Gasteiger partial charge in [-0.05, 0) is 43.4 Å². The van der Waals surface area contributed by atoms with Crippen LogP contribution in [0, 0.1) is 0 Å². The van der Waals surface area contributed by atoms with Gasteiger partial charge in [-0.1, -0.05) is 29.3 Å². The number of aryl methyl sites for hydroxylation is 1. The summed E-state index contributed by atoms with van der Waals surface area (Å²) in [6, 6.07) is 4.77. The molecule has 1 amide bonds. The Balaban J connectivity index is 1.84. The van der Waals surface area contributed by atoms with Crippen molar-refractivity contribution in [2.45, 2.75) is 38.1 Å². The molecule has 0 radical (unpaired) electrons. The number of rotatable bonds is 5. The summed E-state index contributed by atoms with van der Waals surface area (Å²) in [5.74, 6) is -0.995. The van der Waals surface area contributed by atoms with Crippen LogP contribution >= 0.6 is 23.2 Å². The zero-order chi connectivity index (χ0) is 15.4. The van der Waals surface area contributed by atoms with E-state index in [0.717, 1.165) is 12.0 Å². The van der Waals surface area contributed by atoms with E-state index in [2.05, 4.69) is 0 Å². The van der Waals surface area contributed by atoms with Crippen molar-refractivity contribution in [1.29, 1.82) is 0 Å². The van der Waals surface area contributed by atoms with E-state index in [1.54, 1.807) is 12.1 Å². The molecule has 0 unspecified atom stereocenters. The van der Waals surface area contributed by atoms with Crippen molar-refractivity contribution >= 4 is 35.1 Å². The lowest BCUT2D eigenvalue weighted by molar-refractivity contribution is -0.148. The van der Waals surface area contributed by atoms with E-state index in [-0.39, 0.29) is 5.91 Å². The zero-order valence-corrected chi connectivity index (χ0v) is 13.0. The first-order valence-electron chi connectivity index (χ1n) is 6.95. The van der Waals surface area contributed by atoms with E-state index < -0.39 is 12.0 Å². The topological polar surface area (TPSA) is 57.6 Å². The molecular weight excluding hydrogens is 313 g/mol. The van der Waals surface area contributed by atoms with Crippen LogP contribution < -0.4 is 0 Å². The maximum Gasteiger partial charge on any atom is 0.326 e. The lowest BCUT2D eigenvalue weighted by Gasteiger charge is -2.21. The highest BCUT2D eigenvalue weighted by Gasteiger charge is 2.33. The van der Waals surface area contributed by atoms with Crippen molar-refractivity contribution < 1.29 is 14.7 Å². The molecule has 1 aliphatic heterocycles. The molecule has 0 saturated carbocycles. The predicted octanol–water partition coefficient (Wildman–Crippen LogP) is 3.39. The minimum Gasteiger partial charge on any atom is -0.480 e. The number of aliphatic carboxylic acids is 1. The van der Waals surface area contributed by atoms with E-state index in [1.165, 1.54) is 4.90 Å². The van der Waals surface area contributed by atoms with Crippen LogP contribution in [-0.2, 0) is 16.0 Å². The summed E-state index contributed by atoms with van der Waals surface area (Å²) in [6.07, 6.45) is 3.04. The quantitative estimate of drug-likeness (QED) is 0.900. The SMILES string of the molecule is O=C(O)[C@@H]1CCCN1C(=O)CCCc1ccc(Cl)c(Cl)c1. The van der Waals surface area contributed by atoms with Gasteiger partial charge >= 0.3 is 5.97 Å². The van der Waals surface area contributed by atoms with Gasteiger partial charge in [0.2, 0.25) is 5.91 Å². The van der Waals surface area contributed by atoms with Gasteiger partial charge in [0, 0.05) is 13.0 Å². The standard InChI is InChI=1S/C15H17Cl2NO3/c16-11-7-6-10(9-12(11)17)3-1-5-14(19)18-8-2-4-13(18)15(20)21/h6-7,9,13H,1-5,8H2,(H,20,21)/t13-/m0/s1. The number of nitrogens with zero attached hydrogens (tertiary/aromatic N) is 1. The Morgan fingerprint density at radius 1 is 1.29 bits per heavy atom. The molecule has 0 aliphatic carbocycles. The molecule has 114 valence electrons. The lowest BCUT2D eigenvalue weighted by atomic mass is 10.1. The van der Waals surface area contributed by atoms with Crippen molar-refractivity contribution in [3.8, 4) is 0 Å². The Morgan fingerprint density at radius 2 is 2.05 bits per heavy atom. The first kappa shape index (κ1) is 16.1. The van der Waals surface area contributed by atoms with Gasteiger partial charge < -0.3 is 10.0 Å². The number of carbonyl (C=O) groups is 2. The molecule has 0 aromatic heterocycles. The minimum atomic E-state index is -0.912. The van der Waals surface area contributed by atoms with Gasteiger partial charge in [-0.2, -0.15) is 0 Å². The van der Waals surface area contributed by atoms with Crippen LogP contribution in [0.2, 0.25) is 10.0 Å². The number of carboxylic acid groups (broad SMARTS) is 1. The fourth-order valence-electron chi connectivity index (χ4n) is 2.60. The van der Waals surface area contributed by atoms with Crippen LogP contribution in [0.5, 0.6) is 0 Å². The second kappa shape index (κ2) is 7.14. The summed E-state index contributed by atoms with van der Waals surface area (Å²) in [5, 5.41) is 10.1. The first-order chi connectivity index (χ1) is 9.99. The maximum absolute atomic E-state index is 12.1. The monoisotopic (exact) mass is 329 g/mol. The Kier molecular flexibility index (Phi) is 5.48. The molecule has 1 atom stereocenters. The van der Waals surface area contributed by atoms with Crippen LogP contribution in [0.3, 0.4) is 0 Å². The highest BCUT2D eigenvalue weighted by Crippen LogP contribution is 2.24. The van der Waals surface area contributed by atoms with Crippen LogP contribution in [0.15, 0.2) is 18.2 Å². The summed E-state index contributed by atoms with van der Waals surface area (Å²) >= 11 is 11.8. The third-order valence-corrected chi connectivity index (χ3v) is 4.44. The van der Waals surface area contributed by atoms with Gasteiger partial charge in [-0.15, -0.1) is 0 Å². The smallest absolute Gasteiger partial charge is 0.326 e. The molecular formula is C15H17Cl2NO3. The molecule has 1 aromatic rings. The molecule has 2 rings (SSSR count). The zero-order valence-electron chi connectivity index (χ0n) is 11.5. The van der Waals surface area contributed by atoms with E-state index in [9.17, 15) is 9.59 Å². The predicted molar refractivity (Wildman–Crippen MR) is 81.8 cm³/mol. The average molecular weight is 330 g/mol. The second-order valence-electron chi connectivity index (χ2n) is 5.19. The number of likely N-dealkylation sites (tertiary alicyclic amines) is 1. The summed E-state index contributed by atoms with van der Waals surface area (Å²) in [5.41, 5.74) is 1.02. The van der Waals surface area contributed by atoms with Crippen LogP contribution in [-0.4, -0.2) is 34.5 Å². The normalized spacial score (nSPS) is 18.0. The van der Waals surface area contributed by atoms with Gasteiger partial charge in [0.25, 0.3) is 0 Å². The number of amides is 1. The van der Waals surface area contributed by atoms with Crippen molar-refractivity contribution in [3.63, 3.8) is 0 Å². The lowest BCUT2D eigenvalue weighted by Crippen LogP contribution is -2.40. The average Bonchev–Trinajstić information content (AvgIpc) is 2.92. The number of hydrogen-bond acceptors (Lipinski definition) is 2. The minimum absolute atomic E-state index is 0.0834. The van der Waals surface area contributed by atoms with E-state index >= 15 is 0 Å². The van der Waals surface area contributed by atoms with Gasteiger partial charge in [-0.25, -0.2) is 4.79 Å². The Bertz CT molecular complexity index is 548. The molecule has 1 saturated heterocycles. The molecule has 1 aromatic carbocycles. The van der Waals surface area contributed by atoms with Crippen molar-refractivity contribution in [1.82, 2.24) is 4.90 Å². The molecule has 1 aliphatic rings. The number of carboxylic acids is 1. The molecule has 0 spiro atoms. The third-order valence-electron chi connectivity index (χ3n) is 3.70. The van der Waals surface area contributed by atoms with Crippen molar-refractivity contribution in [2.24, 2.45) is 0 Å². The first-order valence-corrected chi connectivity index (χ1v) is 7.71. The largest absolute Gasteiger partial charge is 0.480 e. The van der Waals surface area contributed by atoms with Crippen LogP contribution in [0.1, 0.15) is 31.2 Å². The molecule has 21 heavy (non-hydrogen) atoms. The fourth-order valence-corrected chi connectivity index (χ4v) is 2.93. The van der Waals surface area contributed by atoms with Crippen LogP contribution in [0.25, 0.3) is 0 Å². The molecule has 4 nitrogen and oxygen atoms in total. The van der Waals surface area contributed by atoms with Crippen molar-refractivity contribution in [3.05, 3.63) is 33.8 Å². The van der Waals surface area contributed by atoms with Gasteiger partial charge in [0.1, 0.15) is 6.04 Å². The molecule has 0 bridgehead atoms. The van der Waals surface area contributed by atoms with Gasteiger partial charge in [-0.3, -0.25) is 4.79 Å². The molecule has 6 heteroatoms. The van der Waals surface area contributed by atoms with Crippen LogP contribution in [0.4, 0.5) is 0 Å². The fraction of sp³-hybridized carbons (Fsp3) is 0.467. The number of hydrogen-bond donors (Lipinski definition) is 1. The number of carbonyl (C=O) groups excluding carboxylic acids is 1. The Morgan fingerprint density at radius 3 is 2.71 bits per heavy atom. The summed E-state index contributed by atoms with van der Waals surface area (Å²) < 4.78 is 0. The summed E-state index contributed by atoms with van der Waals surface area (Å²) in [4.78, 5) is 24.6. The van der Waals surface area contributed by atoms with Gasteiger partial charge in [0.15, 0.2) is 0 Å². The number of benzene rings is 1. The summed E-state index contributed by atoms with van der Waals surface area (Å²) in [6.45, 7) is 0.544. The third kappa shape index (κ3) is 4.11. The van der Waals surface area contributed by atoms with E-state index in [4.69, 9.17) is 28.3 Å². The second-order valence-corrected chi connectivity index (χ2v) is 6.00. The Hall–Kier alpha value is -1.26. The highest BCUT2D eigenvalue weighted by atomic mass is 35.5. The number of halogens is 2. The van der Waals surface area contributed by atoms with E-state index in [0.29, 0.717) is 42.3 Å². The molecule has 1 heterocycles. The van der Waals surface area contributed by atoms with Crippen molar-refractivity contribution in [2.75, 3.05) is 6.54 Å². The Labute approximate surface area is 133 Å². The summed E-state index contributed by atoms with van der Waals surface area (Å²) in [7, 11) is 0.